The topological polar surface area (TPSA) is 89.7 Å². The Morgan fingerprint density at radius 2 is 2.00 bits per heavy atom. The third-order valence-electron chi connectivity index (χ3n) is 3.53. The molecule has 1 aromatic rings. The molecule has 1 fully saturated rings. The average Bonchev–Trinajstić information content (AvgIpc) is 2.92. The SMILES string of the molecule is COC(=O)c1ccc(S(=O)(=O)N2CCC(N)C2)cc1C(F)(F)F.Cl. The van der Waals surface area contributed by atoms with Crippen molar-refractivity contribution in [3.63, 3.8) is 0 Å². The van der Waals surface area contributed by atoms with Crippen molar-refractivity contribution in [2.75, 3.05) is 20.2 Å². The fourth-order valence-corrected chi connectivity index (χ4v) is 3.87. The van der Waals surface area contributed by atoms with Crippen LogP contribution in [0, 0.1) is 0 Å². The third kappa shape index (κ3) is 4.00. The van der Waals surface area contributed by atoms with Gasteiger partial charge in [-0.1, -0.05) is 0 Å². The number of carbonyl (C=O) groups excluding carboxylic acids is 1. The Morgan fingerprint density at radius 1 is 1.38 bits per heavy atom. The minimum Gasteiger partial charge on any atom is -0.465 e. The Bertz CT molecular complexity index is 724. The lowest BCUT2D eigenvalue weighted by molar-refractivity contribution is -0.138. The molecule has 1 unspecified atom stereocenters. The second-order valence-electron chi connectivity index (χ2n) is 5.11. The van der Waals surface area contributed by atoms with Crippen LogP contribution in [0.15, 0.2) is 23.1 Å². The molecule has 6 nitrogen and oxygen atoms in total. The highest BCUT2D eigenvalue weighted by atomic mass is 35.5. The van der Waals surface area contributed by atoms with Gasteiger partial charge < -0.3 is 10.5 Å². The summed E-state index contributed by atoms with van der Waals surface area (Å²) in [5.41, 5.74) is 3.54. The maximum atomic E-state index is 13.1. The molecule has 0 aliphatic carbocycles. The quantitative estimate of drug-likeness (QED) is 0.795. The summed E-state index contributed by atoms with van der Waals surface area (Å²) in [5.74, 6) is -1.19. The molecule has 0 radical (unpaired) electrons. The van der Waals surface area contributed by atoms with Crippen LogP contribution < -0.4 is 5.73 Å². The number of nitrogens with zero attached hydrogens (tertiary/aromatic N) is 1. The van der Waals surface area contributed by atoms with Crippen LogP contribution in [0.4, 0.5) is 13.2 Å². The second kappa shape index (κ2) is 7.26. The Labute approximate surface area is 143 Å². The van der Waals surface area contributed by atoms with E-state index in [1.54, 1.807) is 0 Å². The van der Waals surface area contributed by atoms with Gasteiger partial charge in [0.2, 0.25) is 10.0 Å². The summed E-state index contributed by atoms with van der Waals surface area (Å²) in [7, 11) is -3.16. The highest BCUT2D eigenvalue weighted by Gasteiger charge is 2.38. The van der Waals surface area contributed by atoms with Gasteiger partial charge in [-0.05, 0) is 24.6 Å². The molecule has 1 aliphatic heterocycles. The summed E-state index contributed by atoms with van der Waals surface area (Å²) in [6.07, 6.45) is -4.46. The summed E-state index contributed by atoms with van der Waals surface area (Å²) in [5, 5.41) is 0. The molecule has 1 heterocycles. The molecule has 1 saturated heterocycles. The van der Waals surface area contributed by atoms with Crippen LogP contribution >= 0.6 is 12.4 Å². The van der Waals surface area contributed by atoms with Crippen molar-refractivity contribution in [2.45, 2.75) is 23.5 Å². The highest BCUT2D eigenvalue weighted by molar-refractivity contribution is 7.89. The zero-order valence-corrected chi connectivity index (χ0v) is 14.2. The molecule has 2 rings (SSSR count). The molecule has 0 aromatic heterocycles. The number of nitrogens with two attached hydrogens (primary N) is 1. The van der Waals surface area contributed by atoms with Gasteiger partial charge in [0.1, 0.15) is 0 Å². The molecule has 24 heavy (non-hydrogen) atoms. The first kappa shape index (κ1) is 20.7. The van der Waals surface area contributed by atoms with Crippen LogP contribution in [0.5, 0.6) is 0 Å². The van der Waals surface area contributed by atoms with E-state index in [4.69, 9.17) is 5.73 Å². The highest BCUT2D eigenvalue weighted by Crippen LogP contribution is 2.34. The van der Waals surface area contributed by atoms with Crippen molar-refractivity contribution in [2.24, 2.45) is 5.73 Å². The first-order valence-corrected chi connectivity index (χ1v) is 8.06. The minimum atomic E-state index is -4.89. The predicted octanol–water partition coefficient (Wildman–Crippen LogP) is 1.64. The maximum Gasteiger partial charge on any atom is 0.417 e. The first-order chi connectivity index (χ1) is 10.6. The molecule has 2 N–H and O–H groups in total. The molecule has 0 amide bonds. The molecule has 0 saturated carbocycles. The van der Waals surface area contributed by atoms with Crippen molar-refractivity contribution in [1.82, 2.24) is 4.31 Å². The maximum absolute atomic E-state index is 13.1. The number of sulfonamides is 1. The van der Waals surface area contributed by atoms with Crippen LogP contribution in [0.25, 0.3) is 0 Å². The summed E-state index contributed by atoms with van der Waals surface area (Å²) < 4.78 is 69.5. The summed E-state index contributed by atoms with van der Waals surface area (Å²) in [6.45, 7) is 0.187. The fraction of sp³-hybridized carbons (Fsp3) is 0.462. The Hall–Kier alpha value is -1.36. The van der Waals surface area contributed by atoms with Crippen molar-refractivity contribution >= 4 is 28.4 Å². The lowest BCUT2D eigenvalue weighted by Gasteiger charge is -2.18. The number of rotatable bonds is 3. The van der Waals surface area contributed by atoms with Gasteiger partial charge >= 0.3 is 12.1 Å². The number of hydrogen-bond donors (Lipinski definition) is 1. The van der Waals surface area contributed by atoms with Crippen LogP contribution in [0.3, 0.4) is 0 Å². The predicted molar refractivity (Wildman–Crippen MR) is 81.4 cm³/mol. The lowest BCUT2D eigenvalue weighted by atomic mass is 10.1. The summed E-state index contributed by atoms with van der Waals surface area (Å²) in [4.78, 5) is 10.9. The number of alkyl halides is 3. The Morgan fingerprint density at radius 3 is 2.46 bits per heavy atom. The standard InChI is InChI=1S/C13H15F3N2O4S.ClH/c1-22-12(19)10-3-2-9(6-11(10)13(14,15)16)23(20,21)18-5-4-8(17)7-18;/h2-3,6,8H,4-5,7,17H2,1H3;1H. The molecule has 1 aromatic carbocycles. The number of halogens is 4. The number of esters is 1. The Kier molecular flexibility index (Phi) is 6.26. The average molecular weight is 389 g/mol. The molecule has 1 aliphatic rings. The van der Waals surface area contributed by atoms with Gasteiger partial charge in [-0.3, -0.25) is 0 Å². The van der Waals surface area contributed by atoms with E-state index in [0.29, 0.717) is 12.5 Å². The molecule has 11 heteroatoms. The number of ether oxygens (including phenoxy) is 1. The van der Waals surface area contributed by atoms with Gasteiger partial charge in [-0.2, -0.15) is 17.5 Å². The fourth-order valence-electron chi connectivity index (χ4n) is 2.33. The molecular formula is C13H16ClF3N2O4S. The van der Waals surface area contributed by atoms with Crippen LogP contribution in [0.1, 0.15) is 22.3 Å². The smallest absolute Gasteiger partial charge is 0.417 e. The van der Waals surface area contributed by atoms with E-state index in [1.807, 2.05) is 0 Å². The van der Waals surface area contributed by atoms with Gasteiger partial charge in [-0.25, -0.2) is 13.2 Å². The van der Waals surface area contributed by atoms with Gasteiger partial charge in [-0.15, -0.1) is 12.4 Å². The third-order valence-corrected chi connectivity index (χ3v) is 5.39. The van der Waals surface area contributed by atoms with E-state index >= 15 is 0 Å². The van der Waals surface area contributed by atoms with Crippen molar-refractivity contribution in [1.29, 1.82) is 0 Å². The molecule has 0 spiro atoms. The molecule has 0 bridgehead atoms. The van der Waals surface area contributed by atoms with Gasteiger partial charge in [0, 0.05) is 19.1 Å². The van der Waals surface area contributed by atoms with Crippen molar-refractivity contribution < 1.29 is 31.1 Å². The van der Waals surface area contributed by atoms with Crippen LogP contribution in [0.2, 0.25) is 0 Å². The monoisotopic (exact) mass is 388 g/mol. The Balaban J connectivity index is 0.00000288. The van der Waals surface area contributed by atoms with Crippen molar-refractivity contribution in [3.8, 4) is 0 Å². The first-order valence-electron chi connectivity index (χ1n) is 6.62. The number of carbonyl (C=O) groups is 1. The zero-order valence-electron chi connectivity index (χ0n) is 12.5. The van der Waals surface area contributed by atoms with E-state index in [-0.39, 0.29) is 31.5 Å². The normalized spacial score (nSPS) is 19.0. The van der Waals surface area contributed by atoms with E-state index in [1.165, 1.54) is 0 Å². The van der Waals surface area contributed by atoms with Crippen LogP contribution in [-0.2, 0) is 20.9 Å². The summed E-state index contributed by atoms with van der Waals surface area (Å²) in [6, 6.07) is 1.87. The number of methoxy groups -OCH3 is 1. The van der Waals surface area contributed by atoms with E-state index in [0.717, 1.165) is 23.5 Å². The minimum absolute atomic E-state index is 0. The lowest BCUT2D eigenvalue weighted by Crippen LogP contribution is -2.32. The van der Waals surface area contributed by atoms with E-state index in [9.17, 15) is 26.4 Å². The molecule has 136 valence electrons. The molecule has 1 atom stereocenters. The van der Waals surface area contributed by atoms with Crippen LogP contribution in [-0.4, -0.2) is 44.9 Å². The van der Waals surface area contributed by atoms with Gasteiger partial charge in [0.05, 0.1) is 23.1 Å². The van der Waals surface area contributed by atoms with E-state index < -0.39 is 38.2 Å². The number of benzene rings is 1. The zero-order chi connectivity index (χ0) is 17.4. The molecular weight excluding hydrogens is 373 g/mol. The largest absolute Gasteiger partial charge is 0.465 e. The van der Waals surface area contributed by atoms with E-state index in [2.05, 4.69) is 4.74 Å². The second-order valence-corrected chi connectivity index (χ2v) is 7.05. The summed E-state index contributed by atoms with van der Waals surface area (Å²) >= 11 is 0. The van der Waals surface area contributed by atoms with Gasteiger partial charge in [0.15, 0.2) is 0 Å². The number of hydrogen-bond acceptors (Lipinski definition) is 5. The van der Waals surface area contributed by atoms with Gasteiger partial charge in [0.25, 0.3) is 0 Å². The van der Waals surface area contributed by atoms with Crippen molar-refractivity contribution in [3.05, 3.63) is 29.3 Å².